The molecule has 0 unspecified atom stereocenters. The van der Waals surface area contributed by atoms with Crippen molar-refractivity contribution in [1.29, 1.82) is 0 Å². The van der Waals surface area contributed by atoms with Gasteiger partial charge in [-0.05, 0) is 79.9 Å². The van der Waals surface area contributed by atoms with Gasteiger partial charge in [-0.25, -0.2) is 8.42 Å². The maximum atomic E-state index is 14.5. The minimum absolute atomic E-state index is 0.0167. The fourth-order valence-corrected chi connectivity index (χ4v) is 6.55. The van der Waals surface area contributed by atoms with E-state index in [-0.39, 0.29) is 29.8 Å². The molecule has 45 heavy (non-hydrogen) atoms. The fourth-order valence-electron chi connectivity index (χ4n) is 4.80. The molecule has 0 bridgehead atoms. The summed E-state index contributed by atoms with van der Waals surface area (Å²) in [5, 5.41) is 3.90. The van der Waals surface area contributed by atoms with Gasteiger partial charge >= 0.3 is 0 Å². The van der Waals surface area contributed by atoms with Crippen LogP contribution in [0.15, 0.2) is 108 Å². The molecule has 2 atom stereocenters. The largest absolute Gasteiger partial charge is 0.352 e. The molecule has 0 fully saturated rings. The van der Waals surface area contributed by atoms with Crippen molar-refractivity contribution >= 4 is 50.7 Å². The number of amides is 2. The van der Waals surface area contributed by atoms with Gasteiger partial charge in [0.15, 0.2) is 0 Å². The van der Waals surface area contributed by atoms with Crippen molar-refractivity contribution in [3.8, 4) is 0 Å². The van der Waals surface area contributed by atoms with Crippen LogP contribution in [0.25, 0.3) is 0 Å². The Morgan fingerprint density at radius 1 is 0.822 bits per heavy atom. The van der Waals surface area contributed by atoms with E-state index in [2.05, 4.69) is 5.32 Å². The number of benzene rings is 4. The van der Waals surface area contributed by atoms with Crippen LogP contribution in [-0.4, -0.2) is 43.8 Å². The predicted molar refractivity (Wildman–Crippen MR) is 181 cm³/mol. The van der Waals surface area contributed by atoms with Gasteiger partial charge in [0.1, 0.15) is 12.6 Å². The van der Waals surface area contributed by atoms with E-state index in [0.29, 0.717) is 27.7 Å². The number of aryl methyl sites for hydroxylation is 1. The molecule has 0 heterocycles. The van der Waals surface area contributed by atoms with Crippen LogP contribution in [0.2, 0.25) is 10.0 Å². The third kappa shape index (κ3) is 9.10. The van der Waals surface area contributed by atoms with Crippen LogP contribution in [-0.2, 0) is 32.6 Å². The summed E-state index contributed by atoms with van der Waals surface area (Å²) in [6.45, 7) is 5.25. The number of carbonyl (C=O) groups excluding carboxylic acids is 2. The molecule has 0 radical (unpaired) electrons. The van der Waals surface area contributed by atoms with E-state index in [0.717, 1.165) is 15.4 Å². The summed E-state index contributed by atoms with van der Waals surface area (Å²) in [6.07, 6.45) is 0.927. The SMILES string of the molecule is CC[C@@H](C)NC(=O)[C@@H](Cc1ccccc1)N(Cc1cccc(Cl)c1)C(=O)CN(c1ccc(C)cc1)S(=O)(=O)c1ccc(Cl)cc1. The molecule has 1 N–H and O–H groups in total. The predicted octanol–water partition coefficient (Wildman–Crippen LogP) is 7.05. The number of halogens is 2. The quantitative estimate of drug-likeness (QED) is 0.166. The van der Waals surface area contributed by atoms with Crippen LogP contribution >= 0.6 is 23.2 Å². The highest BCUT2D eigenvalue weighted by Gasteiger charge is 2.35. The van der Waals surface area contributed by atoms with Crippen LogP contribution < -0.4 is 9.62 Å². The van der Waals surface area contributed by atoms with Crippen molar-refractivity contribution < 1.29 is 18.0 Å². The number of hydrogen-bond donors (Lipinski definition) is 1. The first-order chi connectivity index (χ1) is 21.5. The first-order valence-electron chi connectivity index (χ1n) is 14.7. The van der Waals surface area contributed by atoms with Crippen LogP contribution in [0, 0.1) is 6.92 Å². The normalized spacial score (nSPS) is 12.6. The van der Waals surface area contributed by atoms with Crippen molar-refractivity contribution in [3.05, 3.63) is 130 Å². The van der Waals surface area contributed by atoms with Gasteiger partial charge in [0.2, 0.25) is 11.8 Å². The Morgan fingerprint density at radius 3 is 2.09 bits per heavy atom. The first-order valence-corrected chi connectivity index (χ1v) is 16.9. The van der Waals surface area contributed by atoms with E-state index < -0.39 is 28.5 Å². The van der Waals surface area contributed by atoms with Gasteiger partial charge in [-0.1, -0.05) is 90.3 Å². The molecule has 0 aliphatic rings. The molecule has 4 aromatic rings. The van der Waals surface area contributed by atoms with Crippen molar-refractivity contribution in [2.75, 3.05) is 10.8 Å². The van der Waals surface area contributed by atoms with E-state index in [4.69, 9.17) is 23.2 Å². The number of nitrogens with one attached hydrogen (secondary N) is 1. The van der Waals surface area contributed by atoms with E-state index in [9.17, 15) is 18.0 Å². The Labute approximate surface area is 275 Å². The molecule has 0 aliphatic heterocycles. The first kappa shape index (κ1) is 34.0. The van der Waals surface area contributed by atoms with Crippen molar-refractivity contribution in [2.45, 2.75) is 57.1 Å². The molecular formula is C35H37Cl2N3O4S. The van der Waals surface area contributed by atoms with Gasteiger partial charge in [-0.15, -0.1) is 0 Å². The smallest absolute Gasteiger partial charge is 0.264 e. The summed E-state index contributed by atoms with van der Waals surface area (Å²) < 4.78 is 29.2. The van der Waals surface area contributed by atoms with E-state index in [1.807, 2.05) is 57.2 Å². The number of hydrogen-bond acceptors (Lipinski definition) is 4. The molecule has 4 aromatic carbocycles. The summed E-state index contributed by atoms with van der Waals surface area (Å²) in [5.74, 6) is -0.876. The number of sulfonamides is 1. The zero-order valence-corrected chi connectivity index (χ0v) is 27.8. The Hall–Kier alpha value is -3.85. The topological polar surface area (TPSA) is 86.8 Å². The highest BCUT2D eigenvalue weighted by atomic mass is 35.5. The Kier molecular flexibility index (Phi) is 11.7. The highest BCUT2D eigenvalue weighted by molar-refractivity contribution is 7.92. The maximum Gasteiger partial charge on any atom is 0.264 e. The second kappa shape index (κ2) is 15.4. The Morgan fingerprint density at radius 2 is 1.47 bits per heavy atom. The molecule has 0 aromatic heterocycles. The Bertz CT molecular complexity index is 1700. The average molecular weight is 667 g/mol. The lowest BCUT2D eigenvalue weighted by molar-refractivity contribution is -0.140. The minimum Gasteiger partial charge on any atom is -0.352 e. The molecular weight excluding hydrogens is 629 g/mol. The number of nitrogens with zero attached hydrogens (tertiary/aromatic N) is 2. The number of carbonyl (C=O) groups is 2. The molecule has 10 heteroatoms. The minimum atomic E-state index is -4.21. The lowest BCUT2D eigenvalue weighted by Crippen LogP contribution is -2.54. The van der Waals surface area contributed by atoms with Crippen LogP contribution in [0.5, 0.6) is 0 Å². The van der Waals surface area contributed by atoms with Crippen molar-refractivity contribution in [3.63, 3.8) is 0 Å². The van der Waals surface area contributed by atoms with Crippen molar-refractivity contribution in [1.82, 2.24) is 10.2 Å². The van der Waals surface area contributed by atoms with Gasteiger partial charge in [0, 0.05) is 29.1 Å². The summed E-state index contributed by atoms with van der Waals surface area (Å²) >= 11 is 12.4. The summed E-state index contributed by atoms with van der Waals surface area (Å²) in [7, 11) is -4.21. The number of rotatable bonds is 13. The zero-order valence-electron chi connectivity index (χ0n) is 25.5. The standard InChI is InChI=1S/C35H37Cl2N3O4S/c1-4-26(3)38-35(42)33(22-27-9-6-5-7-10-27)39(23-28-11-8-12-30(37)21-28)34(41)24-40(31-17-13-25(2)14-18-31)45(43,44)32-19-15-29(36)16-20-32/h5-21,26,33H,4,22-24H2,1-3H3,(H,38,42)/t26-,33-/m1/s1. The third-order valence-corrected chi connectivity index (χ3v) is 9.79. The Balaban J connectivity index is 1.80. The molecule has 0 spiro atoms. The molecule has 7 nitrogen and oxygen atoms in total. The van der Waals surface area contributed by atoms with Gasteiger partial charge in [0.25, 0.3) is 10.0 Å². The van der Waals surface area contributed by atoms with Gasteiger partial charge < -0.3 is 10.2 Å². The third-order valence-electron chi connectivity index (χ3n) is 7.52. The second-order valence-corrected chi connectivity index (χ2v) is 13.7. The molecule has 0 saturated heterocycles. The van der Waals surface area contributed by atoms with E-state index in [1.165, 1.54) is 29.2 Å². The molecule has 236 valence electrons. The maximum absolute atomic E-state index is 14.5. The van der Waals surface area contributed by atoms with Crippen LogP contribution in [0.1, 0.15) is 37.0 Å². The zero-order chi connectivity index (χ0) is 32.6. The fraction of sp³-hybridized carbons (Fsp3) is 0.257. The summed E-state index contributed by atoms with van der Waals surface area (Å²) in [6, 6.07) is 28.1. The molecule has 0 aliphatic carbocycles. The lowest BCUT2D eigenvalue weighted by atomic mass is 10.0. The van der Waals surface area contributed by atoms with Crippen LogP contribution in [0.3, 0.4) is 0 Å². The van der Waals surface area contributed by atoms with E-state index >= 15 is 0 Å². The van der Waals surface area contributed by atoms with Gasteiger partial charge in [-0.2, -0.15) is 0 Å². The van der Waals surface area contributed by atoms with Crippen LogP contribution in [0.4, 0.5) is 5.69 Å². The van der Waals surface area contributed by atoms with Gasteiger partial charge in [0.05, 0.1) is 10.6 Å². The summed E-state index contributed by atoms with van der Waals surface area (Å²) in [4.78, 5) is 29.8. The van der Waals surface area contributed by atoms with Crippen molar-refractivity contribution in [2.24, 2.45) is 0 Å². The van der Waals surface area contributed by atoms with Gasteiger partial charge in [-0.3, -0.25) is 13.9 Å². The molecule has 0 saturated carbocycles. The molecule has 4 rings (SSSR count). The number of anilines is 1. The average Bonchev–Trinajstić information content (AvgIpc) is 3.02. The highest BCUT2D eigenvalue weighted by Crippen LogP contribution is 2.26. The summed E-state index contributed by atoms with van der Waals surface area (Å²) in [5.41, 5.74) is 2.80. The van der Waals surface area contributed by atoms with E-state index in [1.54, 1.807) is 42.5 Å². The lowest BCUT2D eigenvalue weighted by Gasteiger charge is -2.34. The molecule has 2 amide bonds. The monoisotopic (exact) mass is 665 g/mol. The second-order valence-electron chi connectivity index (χ2n) is 11.0.